The molecule has 0 amide bonds. The topological polar surface area (TPSA) is 46.2 Å². The van der Waals surface area contributed by atoms with Crippen LogP contribution in [0.3, 0.4) is 0 Å². The number of nitrogens with two attached hydrogens (primary N) is 1. The van der Waals surface area contributed by atoms with Crippen molar-refractivity contribution in [1.82, 2.24) is 0 Å². The summed E-state index contributed by atoms with van der Waals surface area (Å²) in [5.74, 6) is 0. The van der Waals surface area contributed by atoms with Crippen molar-refractivity contribution in [2.24, 2.45) is 5.73 Å². The molecule has 1 rings (SSSR count). The summed E-state index contributed by atoms with van der Waals surface area (Å²) < 4.78 is 37.5. The van der Waals surface area contributed by atoms with E-state index in [0.29, 0.717) is 12.0 Å². The average molecular weight is 318 g/mol. The molecule has 2 atom stereocenters. The molecular formula is C12H16Cl2F3NO. The SMILES string of the molecule is CCC[C@@H](O)[C@@H](N)c1ccc(C(F)(F)F)c(Cl)c1.Cl. The maximum Gasteiger partial charge on any atom is 0.417 e. The molecule has 0 aliphatic heterocycles. The van der Waals surface area contributed by atoms with Crippen LogP contribution in [0.4, 0.5) is 13.2 Å². The van der Waals surface area contributed by atoms with Crippen LogP contribution in [-0.4, -0.2) is 11.2 Å². The van der Waals surface area contributed by atoms with Gasteiger partial charge in [-0.2, -0.15) is 13.2 Å². The quantitative estimate of drug-likeness (QED) is 0.883. The highest BCUT2D eigenvalue weighted by Gasteiger charge is 2.33. The number of benzene rings is 1. The van der Waals surface area contributed by atoms with E-state index in [1.165, 1.54) is 6.07 Å². The molecule has 1 aromatic rings. The second-order valence-electron chi connectivity index (χ2n) is 4.12. The molecule has 19 heavy (non-hydrogen) atoms. The number of rotatable bonds is 4. The van der Waals surface area contributed by atoms with Crippen LogP contribution in [0.15, 0.2) is 18.2 Å². The Kier molecular flexibility index (Phi) is 7.15. The van der Waals surface area contributed by atoms with Gasteiger partial charge in [-0.25, -0.2) is 0 Å². The minimum Gasteiger partial charge on any atom is -0.391 e. The summed E-state index contributed by atoms with van der Waals surface area (Å²) in [6.07, 6.45) is -4.05. The largest absolute Gasteiger partial charge is 0.417 e. The maximum atomic E-state index is 12.5. The van der Waals surface area contributed by atoms with Crippen molar-refractivity contribution in [1.29, 1.82) is 0 Å². The molecule has 0 radical (unpaired) electrons. The predicted octanol–water partition coefficient (Wildman–Crippen LogP) is 3.94. The van der Waals surface area contributed by atoms with Crippen LogP contribution in [0.5, 0.6) is 0 Å². The Hall–Kier alpha value is -0.490. The number of halogens is 5. The number of alkyl halides is 3. The minimum absolute atomic E-state index is 0. The van der Waals surface area contributed by atoms with E-state index in [1.807, 2.05) is 6.92 Å². The van der Waals surface area contributed by atoms with E-state index < -0.39 is 28.9 Å². The van der Waals surface area contributed by atoms with Gasteiger partial charge in [0, 0.05) is 0 Å². The van der Waals surface area contributed by atoms with Crippen molar-refractivity contribution >= 4 is 24.0 Å². The smallest absolute Gasteiger partial charge is 0.391 e. The summed E-state index contributed by atoms with van der Waals surface area (Å²) in [6, 6.07) is 2.56. The highest BCUT2D eigenvalue weighted by Crippen LogP contribution is 2.36. The van der Waals surface area contributed by atoms with Crippen LogP contribution < -0.4 is 5.73 Å². The van der Waals surface area contributed by atoms with E-state index in [2.05, 4.69) is 0 Å². The van der Waals surface area contributed by atoms with Gasteiger partial charge in [-0.05, 0) is 24.1 Å². The van der Waals surface area contributed by atoms with Crippen molar-refractivity contribution in [3.05, 3.63) is 34.3 Å². The Bertz CT molecular complexity index is 412. The number of hydrogen-bond acceptors (Lipinski definition) is 2. The fraction of sp³-hybridized carbons (Fsp3) is 0.500. The van der Waals surface area contributed by atoms with Gasteiger partial charge >= 0.3 is 6.18 Å². The average Bonchev–Trinajstić information content (AvgIpc) is 2.26. The van der Waals surface area contributed by atoms with E-state index in [1.54, 1.807) is 0 Å². The minimum atomic E-state index is -4.48. The van der Waals surface area contributed by atoms with Gasteiger partial charge in [-0.3, -0.25) is 0 Å². The van der Waals surface area contributed by atoms with Crippen molar-refractivity contribution in [3.8, 4) is 0 Å². The summed E-state index contributed by atoms with van der Waals surface area (Å²) in [5, 5.41) is 9.30. The second-order valence-corrected chi connectivity index (χ2v) is 4.53. The molecule has 0 saturated carbocycles. The Morgan fingerprint density at radius 1 is 1.37 bits per heavy atom. The Labute approximate surface area is 121 Å². The first-order valence-corrected chi connectivity index (χ1v) is 5.95. The molecule has 0 aliphatic rings. The van der Waals surface area contributed by atoms with Crippen LogP contribution in [0.2, 0.25) is 5.02 Å². The highest BCUT2D eigenvalue weighted by atomic mass is 35.5. The molecule has 0 aliphatic carbocycles. The summed E-state index contributed by atoms with van der Waals surface area (Å²) in [7, 11) is 0. The lowest BCUT2D eigenvalue weighted by Crippen LogP contribution is -2.26. The molecular weight excluding hydrogens is 302 g/mol. The Morgan fingerprint density at radius 3 is 2.37 bits per heavy atom. The zero-order chi connectivity index (χ0) is 13.9. The monoisotopic (exact) mass is 317 g/mol. The first-order chi connectivity index (χ1) is 8.27. The molecule has 7 heteroatoms. The third-order valence-electron chi connectivity index (χ3n) is 2.68. The first-order valence-electron chi connectivity index (χ1n) is 5.57. The standard InChI is InChI=1S/C12H15ClF3NO.ClH/c1-2-3-10(18)11(17)7-4-5-8(9(13)6-7)12(14,15)16;/h4-6,10-11,18H,2-3,17H2,1H3;1H/t10-,11+;/m1./s1. The van der Waals surface area contributed by atoms with Crippen LogP contribution in [0.25, 0.3) is 0 Å². The summed E-state index contributed by atoms with van der Waals surface area (Å²) >= 11 is 5.58. The van der Waals surface area contributed by atoms with Gasteiger partial charge in [-0.1, -0.05) is 31.0 Å². The molecule has 0 saturated heterocycles. The van der Waals surface area contributed by atoms with Gasteiger partial charge in [0.2, 0.25) is 0 Å². The molecule has 0 unspecified atom stereocenters. The van der Waals surface area contributed by atoms with Crippen molar-refractivity contribution in [2.75, 3.05) is 0 Å². The summed E-state index contributed by atoms with van der Waals surface area (Å²) in [6.45, 7) is 1.88. The Balaban J connectivity index is 0.00000324. The summed E-state index contributed by atoms with van der Waals surface area (Å²) in [5.41, 5.74) is 5.26. The van der Waals surface area contributed by atoms with Gasteiger partial charge in [0.15, 0.2) is 0 Å². The van der Waals surface area contributed by atoms with E-state index in [4.69, 9.17) is 17.3 Å². The molecule has 2 nitrogen and oxygen atoms in total. The number of aliphatic hydroxyl groups is 1. The fourth-order valence-corrected chi connectivity index (χ4v) is 1.96. The number of aliphatic hydroxyl groups excluding tert-OH is 1. The van der Waals surface area contributed by atoms with Crippen molar-refractivity contribution in [2.45, 2.75) is 38.1 Å². The third kappa shape index (κ3) is 4.84. The molecule has 0 heterocycles. The lowest BCUT2D eigenvalue weighted by molar-refractivity contribution is -0.137. The molecule has 110 valence electrons. The van der Waals surface area contributed by atoms with Gasteiger partial charge in [0.05, 0.1) is 22.7 Å². The van der Waals surface area contributed by atoms with Gasteiger partial charge in [-0.15, -0.1) is 12.4 Å². The lowest BCUT2D eigenvalue weighted by Gasteiger charge is -2.19. The molecule has 0 bridgehead atoms. The zero-order valence-corrected chi connectivity index (χ0v) is 11.8. The van der Waals surface area contributed by atoms with E-state index in [-0.39, 0.29) is 12.4 Å². The Morgan fingerprint density at radius 2 is 1.95 bits per heavy atom. The third-order valence-corrected chi connectivity index (χ3v) is 3.00. The zero-order valence-electron chi connectivity index (χ0n) is 10.2. The van der Waals surface area contributed by atoms with E-state index in [9.17, 15) is 18.3 Å². The lowest BCUT2D eigenvalue weighted by atomic mass is 9.98. The van der Waals surface area contributed by atoms with Gasteiger partial charge in [0.25, 0.3) is 0 Å². The van der Waals surface area contributed by atoms with Crippen LogP contribution in [0.1, 0.15) is 36.9 Å². The normalized spacial score (nSPS) is 14.7. The van der Waals surface area contributed by atoms with Crippen molar-refractivity contribution < 1.29 is 18.3 Å². The van der Waals surface area contributed by atoms with Gasteiger partial charge in [0.1, 0.15) is 0 Å². The van der Waals surface area contributed by atoms with E-state index in [0.717, 1.165) is 18.6 Å². The fourth-order valence-electron chi connectivity index (χ4n) is 1.67. The first kappa shape index (κ1) is 18.5. The second kappa shape index (κ2) is 7.33. The van der Waals surface area contributed by atoms with Crippen LogP contribution in [0, 0.1) is 0 Å². The molecule has 0 spiro atoms. The highest BCUT2D eigenvalue weighted by molar-refractivity contribution is 6.31. The molecule has 0 aromatic heterocycles. The van der Waals surface area contributed by atoms with E-state index >= 15 is 0 Å². The van der Waals surface area contributed by atoms with Crippen LogP contribution >= 0.6 is 24.0 Å². The van der Waals surface area contributed by atoms with Gasteiger partial charge < -0.3 is 10.8 Å². The van der Waals surface area contributed by atoms with Crippen LogP contribution in [-0.2, 0) is 6.18 Å². The maximum absolute atomic E-state index is 12.5. The summed E-state index contributed by atoms with van der Waals surface area (Å²) in [4.78, 5) is 0. The molecule has 1 aromatic carbocycles. The molecule has 0 fully saturated rings. The number of hydrogen-bond donors (Lipinski definition) is 2. The van der Waals surface area contributed by atoms with Crippen molar-refractivity contribution in [3.63, 3.8) is 0 Å². The predicted molar refractivity (Wildman–Crippen MR) is 71.5 cm³/mol. The molecule has 3 N–H and O–H groups in total.